The molecular weight excluding hydrogens is 419 g/mol. The largest absolute Gasteiger partial charge is 0.433 e. The van der Waals surface area contributed by atoms with Gasteiger partial charge < -0.3 is 0 Å². The number of halogens is 4. The number of nitro benzene ring substituents is 1. The van der Waals surface area contributed by atoms with Crippen molar-refractivity contribution in [3.05, 3.63) is 56.7 Å². The van der Waals surface area contributed by atoms with Crippen molar-refractivity contribution in [2.24, 2.45) is 0 Å². The minimum absolute atomic E-state index is 0.0904. The number of rotatable bonds is 4. The lowest BCUT2D eigenvalue weighted by Crippen LogP contribution is -2.16. The Hall–Kier alpha value is -2.21. The van der Waals surface area contributed by atoms with Crippen molar-refractivity contribution in [1.82, 2.24) is 4.98 Å². The molecule has 0 amide bonds. The summed E-state index contributed by atoms with van der Waals surface area (Å²) in [6.07, 6.45) is -4.72. The van der Waals surface area contributed by atoms with Gasteiger partial charge in [0.25, 0.3) is 15.7 Å². The summed E-state index contributed by atoms with van der Waals surface area (Å²) < 4.78 is 63.9. The summed E-state index contributed by atoms with van der Waals surface area (Å²) in [6, 6.07) is 5.62. The molecule has 0 fully saturated rings. The number of nitro groups is 1. The molecule has 7 nitrogen and oxygen atoms in total. The molecular formula is C12H7BrF3N3O4S. The molecule has 0 bridgehead atoms. The fourth-order valence-corrected chi connectivity index (χ4v) is 3.35. The van der Waals surface area contributed by atoms with Gasteiger partial charge in [0, 0.05) is 6.07 Å². The molecule has 0 saturated carbocycles. The van der Waals surface area contributed by atoms with E-state index < -0.39 is 32.6 Å². The topological polar surface area (TPSA) is 102 Å². The summed E-state index contributed by atoms with van der Waals surface area (Å²) >= 11 is 2.87. The molecule has 0 atom stereocenters. The zero-order valence-corrected chi connectivity index (χ0v) is 13.8. The van der Waals surface area contributed by atoms with Crippen molar-refractivity contribution in [2.75, 3.05) is 4.72 Å². The Kier molecular flexibility index (Phi) is 4.80. The third kappa shape index (κ3) is 4.00. The summed E-state index contributed by atoms with van der Waals surface area (Å²) in [7, 11) is -4.27. The lowest BCUT2D eigenvalue weighted by Gasteiger charge is -2.10. The molecule has 0 spiro atoms. The Morgan fingerprint density at radius 2 is 1.88 bits per heavy atom. The van der Waals surface area contributed by atoms with Crippen LogP contribution in [-0.2, 0) is 16.2 Å². The molecule has 1 N–H and O–H groups in total. The maximum Gasteiger partial charge on any atom is 0.433 e. The van der Waals surface area contributed by atoms with Gasteiger partial charge >= 0.3 is 6.18 Å². The molecule has 0 unspecified atom stereocenters. The molecule has 24 heavy (non-hydrogen) atoms. The van der Waals surface area contributed by atoms with Gasteiger partial charge in [-0.1, -0.05) is 6.07 Å². The number of nitrogens with one attached hydrogen (secondary N) is 1. The average molecular weight is 426 g/mol. The van der Waals surface area contributed by atoms with Crippen molar-refractivity contribution < 1.29 is 26.5 Å². The van der Waals surface area contributed by atoms with Crippen LogP contribution < -0.4 is 4.72 Å². The Morgan fingerprint density at radius 3 is 2.42 bits per heavy atom. The molecule has 12 heteroatoms. The Labute approximate surface area is 141 Å². The minimum Gasteiger partial charge on any atom is -0.263 e. The van der Waals surface area contributed by atoms with Crippen LogP contribution in [0.4, 0.5) is 24.7 Å². The Morgan fingerprint density at radius 1 is 1.21 bits per heavy atom. The molecule has 2 rings (SSSR count). The van der Waals surface area contributed by atoms with Gasteiger partial charge in [-0.3, -0.25) is 14.8 Å². The van der Waals surface area contributed by atoms with Crippen molar-refractivity contribution in [3.8, 4) is 0 Å². The first-order valence-corrected chi connectivity index (χ1v) is 8.29. The summed E-state index contributed by atoms with van der Waals surface area (Å²) in [5.41, 5.74) is -1.61. The highest BCUT2D eigenvalue weighted by molar-refractivity contribution is 9.10. The lowest BCUT2D eigenvalue weighted by atomic mass is 10.3. The third-order valence-electron chi connectivity index (χ3n) is 2.70. The van der Waals surface area contributed by atoms with Crippen LogP contribution in [0.15, 0.2) is 45.8 Å². The van der Waals surface area contributed by atoms with Gasteiger partial charge in [-0.2, -0.15) is 13.2 Å². The molecule has 1 aromatic carbocycles. The van der Waals surface area contributed by atoms with E-state index in [4.69, 9.17) is 0 Å². The van der Waals surface area contributed by atoms with E-state index in [1.807, 2.05) is 4.72 Å². The van der Waals surface area contributed by atoms with Gasteiger partial charge in [0.2, 0.25) is 0 Å². The average Bonchev–Trinajstić information content (AvgIpc) is 2.45. The summed E-state index contributed by atoms with van der Waals surface area (Å²) in [4.78, 5) is 12.8. The van der Waals surface area contributed by atoms with Crippen molar-refractivity contribution in [2.45, 2.75) is 11.1 Å². The van der Waals surface area contributed by atoms with Gasteiger partial charge in [0.1, 0.15) is 11.5 Å². The Bertz CT molecular complexity index is 903. The van der Waals surface area contributed by atoms with Crippen molar-refractivity contribution in [3.63, 3.8) is 0 Å². The predicted molar refractivity (Wildman–Crippen MR) is 80.8 cm³/mol. The molecule has 1 heterocycles. The zero-order chi connectivity index (χ0) is 18.1. The lowest BCUT2D eigenvalue weighted by molar-refractivity contribution is -0.385. The second kappa shape index (κ2) is 6.36. The summed E-state index contributed by atoms with van der Waals surface area (Å²) in [6.45, 7) is 0. The fourth-order valence-electron chi connectivity index (χ4n) is 1.65. The van der Waals surface area contributed by atoms with Gasteiger partial charge in [-0.15, -0.1) is 0 Å². The van der Waals surface area contributed by atoms with E-state index >= 15 is 0 Å². The smallest absolute Gasteiger partial charge is 0.263 e. The number of pyridine rings is 1. The summed E-state index contributed by atoms with van der Waals surface area (Å²) in [5, 5.41) is 10.7. The Balaban J connectivity index is 2.36. The van der Waals surface area contributed by atoms with E-state index in [0.717, 1.165) is 30.3 Å². The van der Waals surface area contributed by atoms with E-state index in [-0.39, 0.29) is 15.1 Å². The highest BCUT2D eigenvalue weighted by atomic mass is 79.9. The van der Waals surface area contributed by atoms with Crippen LogP contribution in [0.3, 0.4) is 0 Å². The van der Waals surface area contributed by atoms with E-state index in [0.29, 0.717) is 6.07 Å². The number of sulfonamides is 1. The fraction of sp³-hybridized carbons (Fsp3) is 0.0833. The van der Waals surface area contributed by atoms with Crippen LogP contribution in [0, 0.1) is 10.1 Å². The van der Waals surface area contributed by atoms with Gasteiger partial charge in [0.15, 0.2) is 0 Å². The predicted octanol–water partition coefficient (Wildman–Crippen LogP) is 3.57. The van der Waals surface area contributed by atoms with E-state index in [1.165, 1.54) is 0 Å². The molecule has 128 valence electrons. The van der Waals surface area contributed by atoms with Gasteiger partial charge in [-0.25, -0.2) is 13.4 Å². The minimum atomic E-state index is -4.72. The van der Waals surface area contributed by atoms with Crippen LogP contribution in [0.1, 0.15) is 5.69 Å². The first-order chi connectivity index (χ1) is 11.0. The SMILES string of the molecule is O=[N+]([O-])c1ccc(S(=O)(=O)Nc2cccc(C(F)(F)F)n2)cc1Br. The maximum absolute atomic E-state index is 12.6. The molecule has 0 aliphatic rings. The monoisotopic (exact) mass is 425 g/mol. The van der Waals surface area contributed by atoms with Crippen molar-refractivity contribution >= 4 is 37.5 Å². The van der Waals surface area contributed by atoms with Crippen molar-refractivity contribution in [1.29, 1.82) is 0 Å². The van der Waals surface area contributed by atoms with Gasteiger partial charge in [0.05, 0.1) is 14.3 Å². The van der Waals surface area contributed by atoms with Gasteiger partial charge in [-0.05, 0) is 40.2 Å². The molecule has 1 aromatic heterocycles. The maximum atomic E-state index is 12.6. The van der Waals surface area contributed by atoms with Crippen LogP contribution in [0.5, 0.6) is 0 Å². The normalized spacial score (nSPS) is 12.0. The first kappa shape index (κ1) is 18.1. The number of benzene rings is 1. The molecule has 0 radical (unpaired) electrons. The molecule has 0 aliphatic carbocycles. The first-order valence-electron chi connectivity index (χ1n) is 6.02. The number of hydrogen-bond donors (Lipinski definition) is 1. The van der Waals surface area contributed by atoms with E-state index in [2.05, 4.69) is 20.9 Å². The highest BCUT2D eigenvalue weighted by Crippen LogP contribution is 2.30. The second-order valence-corrected chi connectivity index (χ2v) is 6.92. The molecule has 0 saturated heterocycles. The van der Waals surface area contributed by atoms with Crippen LogP contribution in [0.25, 0.3) is 0 Å². The molecule has 2 aromatic rings. The quantitative estimate of drug-likeness (QED) is 0.595. The van der Waals surface area contributed by atoms with Crippen LogP contribution in [0.2, 0.25) is 0 Å². The zero-order valence-electron chi connectivity index (χ0n) is 11.4. The summed E-state index contributed by atoms with van der Waals surface area (Å²) in [5.74, 6) is -0.528. The third-order valence-corrected chi connectivity index (χ3v) is 4.69. The standard InChI is InChI=1S/C12H7BrF3N3O4S/c13-8-6-7(4-5-9(8)19(20)21)24(22,23)18-11-3-1-2-10(17-11)12(14,15)16/h1-6H,(H,17,18). The number of nitrogens with zero attached hydrogens (tertiary/aromatic N) is 2. The number of alkyl halides is 3. The molecule has 0 aliphatic heterocycles. The number of hydrogen-bond acceptors (Lipinski definition) is 5. The van der Waals surface area contributed by atoms with E-state index in [1.54, 1.807) is 0 Å². The van der Waals surface area contributed by atoms with Crippen LogP contribution in [-0.4, -0.2) is 18.3 Å². The van der Waals surface area contributed by atoms with Crippen LogP contribution >= 0.6 is 15.9 Å². The number of anilines is 1. The highest BCUT2D eigenvalue weighted by Gasteiger charge is 2.32. The number of aromatic nitrogens is 1. The second-order valence-electron chi connectivity index (χ2n) is 4.38. The van der Waals surface area contributed by atoms with E-state index in [9.17, 15) is 31.7 Å².